The molecule has 6 heteroatoms. The highest BCUT2D eigenvalue weighted by atomic mass is 32.2. The van der Waals surface area contributed by atoms with Crippen molar-refractivity contribution < 1.29 is 9.90 Å². The van der Waals surface area contributed by atoms with E-state index in [1.807, 2.05) is 6.07 Å². The maximum absolute atomic E-state index is 11.0. The number of benzene rings is 1. The third kappa shape index (κ3) is 2.78. The first-order chi connectivity index (χ1) is 8.68. The van der Waals surface area contributed by atoms with Crippen LogP contribution in [-0.4, -0.2) is 21.0 Å². The van der Waals surface area contributed by atoms with Crippen molar-refractivity contribution in [2.75, 3.05) is 5.73 Å². The summed E-state index contributed by atoms with van der Waals surface area (Å²) in [5.41, 5.74) is 6.71. The minimum atomic E-state index is -0.932. The molecule has 0 amide bonds. The lowest BCUT2D eigenvalue weighted by Crippen LogP contribution is -2.01. The Kier molecular flexibility index (Phi) is 3.78. The van der Waals surface area contributed by atoms with Gasteiger partial charge >= 0.3 is 5.97 Å². The quantitative estimate of drug-likeness (QED) is 0.819. The van der Waals surface area contributed by atoms with Gasteiger partial charge in [-0.1, -0.05) is 30.0 Å². The van der Waals surface area contributed by atoms with Gasteiger partial charge in [-0.15, -0.1) is 0 Å². The van der Waals surface area contributed by atoms with Crippen molar-refractivity contribution in [3.8, 4) is 0 Å². The van der Waals surface area contributed by atoms with Gasteiger partial charge in [-0.25, -0.2) is 14.8 Å². The molecule has 0 unspecified atom stereocenters. The van der Waals surface area contributed by atoms with Gasteiger partial charge in [0.1, 0.15) is 5.03 Å². The molecule has 92 valence electrons. The molecule has 0 radical (unpaired) electrons. The summed E-state index contributed by atoms with van der Waals surface area (Å²) in [4.78, 5) is 19.1. The summed E-state index contributed by atoms with van der Waals surface area (Å²) in [6.45, 7) is 0. The van der Waals surface area contributed by atoms with Crippen LogP contribution < -0.4 is 5.73 Å². The first-order valence-corrected chi connectivity index (χ1v) is 6.17. The van der Waals surface area contributed by atoms with Crippen molar-refractivity contribution in [2.45, 2.75) is 10.8 Å². The molecule has 0 saturated carbocycles. The number of nitrogens with zero attached hydrogens (tertiary/aromatic N) is 2. The number of aromatic carboxylic acids is 1. The number of rotatable bonds is 4. The largest absolute Gasteiger partial charge is 0.478 e. The van der Waals surface area contributed by atoms with Gasteiger partial charge in [0, 0.05) is 18.1 Å². The average Bonchev–Trinajstić information content (AvgIpc) is 2.38. The summed E-state index contributed by atoms with van der Waals surface area (Å²) < 4.78 is 0. The van der Waals surface area contributed by atoms with Gasteiger partial charge in [0.15, 0.2) is 5.82 Å². The zero-order valence-electron chi connectivity index (χ0n) is 9.41. The molecule has 18 heavy (non-hydrogen) atoms. The molecule has 0 bridgehead atoms. The minimum Gasteiger partial charge on any atom is -0.478 e. The van der Waals surface area contributed by atoms with Crippen LogP contribution in [0.15, 0.2) is 41.7 Å². The highest BCUT2D eigenvalue weighted by Gasteiger charge is 2.10. The highest BCUT2D eigenvalue weighted by molar-refractivity contribution is 7.98. The first-order valence-electron chi connectivity index (χ1n) is 5.19. The summed E-state index contributed by atoms with van der Waals surface area (Å²) in [5.74, 6) is -0.0839. The SMILES string of the molecule is Nc1nccnc1SCc1ccccc1C(=O)O. The second kappa shape index (κ2) is 5.50. The van der Waals surface area contributed by atoms with Gasteiger partial charge in [0.05, 0.1) is 5.56 Å². The van der Waals surface area contributed by atoms with Crippen molar-refractivity contribution in [3.05, 3.63) is 47.8 Å². The Labute approximate surface area is 108 Å². The Morgan fingerprint density at radius 3 is 2.72 bits per heavy atom. The Balaban J connectivity index is 2.16. The number of thioether (sulfide) groups is 1. The third-order valence-corrected chi connectivity index (χ3v) is 3.35. The van der Waals surface area contributed by atoms with E-state index in [4.69, 9.17) is 10.8 Å². The zero-order chi connectivity index (χ0) is 13.0. The van der Waals surface area contributed by atoms with Crippen LogP contribution >= 0.6 is 11.8 Å². The van der Waals surface area contributed by atoms with Crippen molar-refractivity contribution in [3.63, 3.8) is 0 Å². The maximum atomic E-state index is 11.0. The van der Waals surface area contributed by atoms with Gasteiger partial charge < -0.3 is 10.8 Å². The fraction of sp³-hybridized carbons (Fsp3) is 0.0833. The van der Waals surface area contributed by atoms with Crippen LogP contribution in [0.5, 0.6) is 0 Å². The van der Waals surface area contributed by atoms with E-state index in [9.17, 15) is 4.79 Å². The van der Waals surface area contributed by atoms with E-state index in [0.717, 1.165) is 5.56 Å². The van der Waals surface area contributed by atoms with Crippen LogP contribution in [0, 0.1) is 0 Å². The topological polar surface area (TPSA) is 89.1 Å². The van der Waals surface area contributed by atoms with E-state index in [-0.39, 0.29) is 0 Å². The summed E-state index contributed by atoms with van der Waals surface area (Å²) in [5, 5.41) is 9.66. The van der Waals surface area contributed by atoms with E-state index in [2.05, 4.69) is 9.97 Å². The number of carbonyl (C=O) groups is 1. The van der Waals surface area contributed by atoms with E-state index < -0.39 is 5.97 Å². The van der Waals surface area contributed by atoms with Gasteiger partial charge in [-0.2, -0.15) is 0 Å². The van der Waals surface area contributed by atoms with Crippen LogP contribution in [0.4, 0.5) is 5.82 Å². The molecule has 3 N–H and O–H groups in total. The van der Waals surface area contributed by atoms with Crippen molar-refractivity contribution in [1.29, 1.82) is 0 Å². The van der Waals surface area contributed by atoms with Gasteiger partial charge in [0.2, 0.25) is 0 Å². The standard InChI is InChI=1S/C12H11N3O2S/c13-10-11(15-6-5-14-10)18-7-8-3-1-2-4-9(8)12(16)17/h1-6H,7H2,(H2,13,14)(H,16,17). The van der Waals surface area contributed by atoms with E-state index in [1.54, 1.807) is 24.4 Å². The van der Waals surface area contributed by atoms with E-state index in [1.165, 1.54) is 18.0 Å². The number of hydrogen-bond acceptors (Lipinski definition) is 5. The Morgan fingerprint density at radius 1 is 1.28 bits per heavy atom. The van der Waals surface area contributed by atoms with Gasteiger partial charge in [-0.05, 0) is 11.6 Å². The fourth-order valence-electron chi connectivity index (χ4n) is 1.45. The number of anilines is 1. The predicted octanol–water partition coefficient (Wildman–Crippen LogP) is 2.05. The molecule has 5 nitrogen and oxygen atoms in total. The Hall–Kier alpha value is -2.08. The third-order valence-electron chi connectivity index (χ3n) is 2.30. The smallest absolute Gasteiger partial charge is 0.335 e. The molecular formula is C12H11N3O2S. The Bertz CT molecular complexity index is 575. The number of nitrogen functional groups attached to an aromatic ring is 1. The normalized spacial score (nSPS) is 10.2. The lowest BCUT2D eigenvalue weighted by molar-refractivity contribution is 0.0696. The van der Waals surface area contributed by atoms with Crippen LogP contribution in [0.2, 0.25) is 0 Å². The van der Waals surface area contributed by atoms with Crippen molar-refractivity contribution in [1.82, 2.24) is 9.97 Å². The monoisotopic (exact) mass is 261 g/mol. The summed E-state index contributed by atoms with van der Waals surface area (Å²) in [7, 11) is 0. The molecule has 0 saturated heterocycles. The van der Waals surface area contributed by atoms with Gasteiger partial charge in [0.25, 0.3) is 0 Å². The van der Waals surface area contributed by atoms with Crippen LogP contribution in [0.1, 0.15) is 15.9 Å². The lowest BCUT2D eigenvalue weighted by atomic mass is 10.1. The molecule has 1 aromatic carbocycles. The Morgan fingerprint density at radius 2 is 2.00 bits per heavy atom. The number of aromatic nitrogens is 2. The zero-order valence-corrected chi connectivity index (χ0v) is 10.2. The lowest BCUT2D eigenvalue weighted by Gasteiger charge is -2.06. The minimum absolute atomic E-state index is 0.299. The number of carboxylic acid groups (broad SMARTS) is 1. The molecule has 2 rings (SSSR count). The number of nitrogens with two attached hydrogens (primary N) is 1. The summed E-state index contributed by atoms with van der Waals surface area (Å²) in [6.07, 6.45) is 3.08. The summed E-state index contributed by atoms with van der Waals surface area (Å²) >= 11 is 1.37. The molecule has 1 aromatic heterocycles. The number of carboxylic acids is 1. The van der Waals surface area contributed by atoms with Crippen molar-refractivity contribution in [2.24, 2.45) is 0 Å². The molecule has 0 spiro atoms. The van der Waals surface area contributed by atoms with Crippen LogP contribution in [0.3, 0.4) is 0 Å². The molecule has 0 aliphatic carbocycles. The number of hydrogen-bond donors (Lipinski definition) is 2. The molecule has 1 heterocycles. The molecule has 2 aromatic rings. The molecule has 0 aliphatic heterocycles. The average molecular weight is 261 g/mol. The first kappa shape index (κ1) is 12.4. The second-order valence-corrected chi connectivity index (χ2v) is 4.46. The maximum Gasteiger partial charge on any atom is 0.335 e. The summed E-state index contributed by atoms with van der Waals surface area (Å²) in [6, 6.07) is 6.87. The van der Waals surface area contributed by atoms with Gasteiger partial charge in [-0.3, -0.25) is 0 Å². The highest BCUT2D eigenvalue weighted by Crippen LogP contribution is 2.25. The van der Waals surface area contributed by atoms with Crippen LogP contribution in [-0.2, 0) is 5.75 Å². The molecule has 0 atom stereocenters. The van der Waals surface area contributed by atoms with E-state index in [0.29, 0.717) is 22.2 Å². The molecular weight excluding hydrogens is 250 g/mol. The molecule has 0 fully saturated rings. The van der Waals surface area contributed by atoms with E-state index >= 15 is 0 Å². The predicted molar refractivity (Wildman–Crippen MR) is 69.4 cm³/mol. The fourth-order valence-corrected chi connectivity index (χ4v) is 2.33. The second-order valence-electron chi connectivity index (χ2n) is 3.50. The molecule has 0 aliphatic rings. The van der Waals surface area contributed by atoms with Crippen LogP contribution in [0.25, 0.3) is 0 Å². The van der Waals surface area contributed by atoms with Crippen molar-refractivity contribution >= 4 is 23.5 Å².